The molecule has 0 saturated heterocycles. The molecule has 154 valence electrons. The zero-order valence-corrected chi connectivity index (χ0v) is 18.4. The number of anilines is 2. The summed E-state index contributed by atoms with van der Waals surface area (Å²) in [6.07, 6.45) is 0. The Morgan fingerprint density at radius 2 is 1.52 bits per heavy atom. The van der Waals surface area contributed by atoms with Crippen LogP contribution in [0.25, 0.3) is 0 Å². The molecular formula is C25H22N4OS. The van der Waals surface area contributed by atoms with Crippen molar-refractivity contribution in [3.63, 3.8) is 0 Å². The summed E-state index contributed by atoms with van der Waals surface area (Å²) >= 11 is 1.44. The van der Waals surface area contributed by atoms with E-state index in [1.807, 2.05) is 71.5 Å². The molecule has 0 radical (unpaired) electrons. The predicted molar refractivity (Wildman–Crippen MR) is 129 cm³/mol. The van der Waals surface area contributed by atoms with Crippen LogP contribution >= 0.6 is 11.8 Å². The van der Waals surface area contributed by atoms with E-state index in [9.17, 15) is 4.79 Å². The molecule has 0 fully saturated rings. The monoisotopic (exact) mass is 426 g/mol. The third-order valence-electron chi connectivity index (χ3n) is 5.47. The molecule has 2 heterocycles. The second kappa shape index (κ2) is 7.39. The highest BCUT2D eigenvalue weighted by molar-refractivity contribution is 8.17. The number of benzene rings is 3. The number of rotatable bonds is 3. The van der Waals surface area contributed by atoms with Gasteiger partial charge < -0.3 is 0 Å². The molecular weight excluding hydrogens is 404 g/mol. The SMILES string of the molecule is CC(=O)C1=NN(c2cccc(C)c2)[C@@]2(S1)c1ccccc1C(C)=NN2c1ccccc1. The van der Waals surface area contributed by atoms with E-state index < -0.39 is 4.99 Å². The maximum Gasteiger partial charge on any atom is 0.234 e. The molecule has 5 rings (SSSR count). The number of nitrogens with zero attached hydrogens (tertiary/aromatic N) is 4. The van der Waals surface area contributed by atoms with Crippen molar-refractivity contribution in [2.75, 3.05) is 10.0 Å². The smallest absolute Gasteiger partial charge is 0.234 e. The molecule has 0 bridgehead atoms. The lowest BCUT2D eigenvalue weighted by atomic mass is 9.98. The summed E-state index contributed by atoms with van der Waals surface area (Å²) < 4.78 is 0. The molecule has 1 atom stereocenters. The van der Waals surface area contributed by atoms with E-state index in [1.54, 1.807) is 6.92 Å². The van der Waals surface area contributed by atoms with Crippen molar-refractivity contribution in [3.8, 4) is 0 Å². The predicted octanol–water partition coefficient (Wildman–Crippen LogP) is 5.51. The summed E-state index contributed by atoms with van der Waals surface area (Å²) in [5.74, 6) is -0.0590. The number of hydrazone groups is 2. The highest BCUT2D eigenvalue weighted by Crippen LogP contribution is 2.54. The zero-order valence-electron chi connectivity index (χ0n) is 17.6. The van der Waals surface area contributed by atoms with Gasteiger partial charge >= 0.3 is 0 Å². The van der Waals surface area contributed by atoms with Crippen molar-refractivity contribution in [1.29, 1.82) is 0 Å². The lowest BCUT2D eigenvalue weighted by Gasteiger charge is -2.46. The Morgan fingerprint density at radius 3 is 2.26 bits per heavy atom. The number of carbonyl (C=O) groups is 1. The van der Waals surface area contributed by atoms with E-state index in [1.165, 1.54) is 11.8 Å². The summed E-state index contributed by atoms with van der Waals surface area (Å²) in [5, 5.41) is 14.3. The average molecular weight is 427 g/mol. The highest BCUT2D eigenvalue weighted by atomic mass is 32.2. The molecule has 0 amide bonds. The topological polar surface area (TPSA) is 48.3 Å². The Kier molecular flexibility index (Phi) is 4.67. The van der Waals surface area contributed by atoms with Gasteiger partial charge in [0.25, 0.3) is 0 Å². The van der Waals surface area contributed by atoms with Crippen molar-refractivity contribution in [1.82, 2.24) is 0 Å². The Labute approximate surface area is 186 Å². The number of para-hydroxylation sites is 1. The van der Waals surface area contributed by atoms with Crippen LogP contribution in [-0.4, -0.2) is 16.5 Å². The Balaban J connectivity index is 1.82. The maximum absolute atomic E-state index is 12.5. The van der Waals surface area contributed by atoms with Gasteiger partial charge in [-0.1, -0.05) is 54.6 Å². The summed E-state index contributed by atoms with van der Waals surface area (Å²) in [6.45, 7) is 5.64. The first-order valence-corrected chi connectivity index (χ1v) is 11.0. The van der Waals surface area contributed by atoms with Gasteiger partial charge in [0.15, 0.2) is 10.8 Å². The standard InChI is InChI=1S/C25H22N4OS/c1-17-10-9-13-21(16-17)29-25(31-24(27-29)19(3)30)23-15-8-7-14-22(23)18(2)26-28(25)20-11-5-4-6-12-20/h4-16H,1-3H3/t25-/m1/s1. The fourth-order valence-corrected chi connectivity index (χ4v) is 5.35. The van der Waals surface area contributed by atoms with Crippen molar-refractivity contribution in [2.45, 2.75) is 25.8 Å². The molecule has 3 aromatic rings. The van der Waals surface area contributed by atoms with Crippen LogP contribution in [0, 0.1) is 6.92 Å². The minimum atomic E-state index is -0.855. The second-order valence-electron chi connectivity index (χ2n) is 7.70. The van der Waals surface area contributed by atoms with Crippen LogP contribution in [0.15, 0.2) is 89.1 Å². The van der Waals surface area contributed by atoms with Gasteiger partial charge in [-0.2, -0.15) is 10.2 Å². The Morgan fingerprint density at radius 1 is 0.839 bits per heavy atom. The van der Waals surface area contributed by atoms with Crippen LogP contribution in [0.5, 0.6) is 0 Å². The van der Waals surface area contributed by atoms with Crippen molar-refractivity contribution in [3.05, 3.63) is 95.6 Å². The number of ketones is 1. The molecule has 31 heavy (non-hydrogen) atoms. The molecule has 0 saturated carbocycles. The number of hydrogen-bond acceptors (Lipinski definition) is 6. The number of Topliss-reactive ketones (excluding diaryl/α,β-unsaturated/α-hetero) is 1. The van der Waals surface area contributed by atoms with Gasteiger partial charge in [-0.3, -0.25) is 4.79 Å². The maximum atomic E-state index is 12.5. The number of fused-ring (bicyclic) bond motifs is 2. The highest BCUT2D eigenvalue weighted by Gasteiger charge is 2.55. The quantitative estimate of drug-likeness (QED) is 0.554. The normalized spacial score (nSPS) is 19.8. The first-order chi connectivity index (χ1) is 15.0. The van der Waals surface area contributed by atoms with Crippen LogP contribution in [-0.2, 0) is 9.79 Å². The number of thioether (sulfide) groups is 1. The van der Waals surface area contributed by atoms with E-state index in [0.717, 1.165) is 33.8 Å². The molecule has 0 unspecified atom stereocenters. The molecule has 2 aliphatic heterocycles. The fraction of sp³-hybridized carbons (Fsp3) is 0.160. The molecule has 1 spiro atoms. The van der Waals surface area contributed by atoms with Crippen molar-refractivity contribution < 1.29 is 4.79 Å². The van der Waals surface area contributed by atoms with Crippen molar-refractivity contribution >= 4 is 39.7 Å². The van der Waals surface area contributed by atoms with Gasteiger partial charge in [-0.15, -0.1) is 0 Å². The van der Waals surface area contributed by atoms with Crippen LogP contribution in [0.4, 0.5) is 11.4 Å². The van der Waals surface area contributed by atoms with E-state index in [4.69, 9.17) is 10.2 Å². The first-order valence-electron chi connectivity index (χ1n) is 10.2. The number of aryl methyl sites for hydroxylation is 1. The number of carbonyl (C=O) groups excluding carboxylic acids is 1. The van der Waals surface area contributed by atoms with Crippen LogP contribution in [0.1, 0.15) is 30.5 Å². The summed E-state index contributed by atoms with van der Waals surface area (Å²) in [6, 6.07) is 26.5. The second-order valence-corrected chi connectivity index (χ2v) is 8.86. The minimum Gasteiger partial charge on any atom is -0.292 e. The largest absolute Gasteiger partial charge is 0.292 e. The molecule has 2 aliphatic rings. The van der Waals surface area contributed by atoms with Gasteiger partial charge in [-0.05, 0) is 55.4 Å². The lowest BCUT2D eigenvalue weighted by molar-refractivity contribution is -0.110. The average Bonchev–Trinajstić information content (AvgIpc) is 3.19. The molecule has 6 heteroatoms. The molecule has 5 nitrogen and oxygen atoms in total. The molecule has 0 N–H and O–H groups in total. The van der Waals surface area contributed by atoms with Crippen molar-refractivity contribution in [2.24, 2.45) is 10.2 Å². The molecule has 0 aromatic heterocycles. The number of hydrogen-bond donors (Lipinski definition) is 0. The van der Waals surface area contributed by atoms with E-state index in [-0.39, 0.29) is 5.78 Å². The van der Waals surface area contributed by atoms with Gasteiger partial charge in [0.2, 0.25) is 4.99 Å². The zero-order chi connectivity index (χ0) is 21.6. The summed E-state index contributed by atoms with van der Waals surface area (Å²) in [5.41, 5.74) is 6.00. The minimum absolute atomic E-state index is 0.0590. The van der Waals surface area contributed by atoms with E-state index in [2.05, 4.69) is 31.2 Å². The molecule has 3 aromatic carbocycles. The Bertz CT molecular complexity index is 1240. The third-order valence-corrected chi connectivity index (χ3v) is 6.88. The third kappa shape index (κ3) is 3.06. The van der Waals surface area contributed by atoms with Crippen LogP contribution in [0.2, 0.25) is 0 Å². The van der Waals surface area contributed by atoms with Crippen LogP contribution in [0.3, 0.4) is 0 Å². The molecule has 0 aliphatic carbocycles. The van der Waals surface area contributed by atoms with E-state index in [0.29, 0.717) is 5.04 Å². The Hall–Kier alpha value is -3.38. The van der Waals surface area contributed by atoms with Gasteiger partial charge in [-0.25, -0.2) is 10.0 Å². The van der Waals surface area contributed by atoms with Crippen LogP contribution < -0.4 is 10.0 Å². The van der Waals surface area contributed by atoms with Gasteiger partial charge in [0, 0.05) is 18.1 Å². The lowest BCUT2D eigenvalue weighted by Crippen LogP contribution is -2.53. The van der Waals surface area contributed by atoms with Gasteiger partial charge in [0.05, 0.1) is 17.1 Å². The summed E-state index contributed by atoms with van der Waals surface area (Å²) in [4.78, 5) is 11.6. The van der Waals surface area contributed by atoms with Gasteiger partial charge in [0.1, 0.15) is 0 Å². The van der Waals surface area contributed by atoms with E-state index >= 15 is 0 Å². The first kappa shape index (κ1) is 19.6. The fourth-order valence-electron chi connectivity index (χ4n) is 4.06. The summed E-state index contributed by atoms with van der Waals surface area (Å²) in [7, 11) is 0.